The maximum Gasteiger partial charge on any atom is 0.417 e. The predicted octanol–water partition coefficient (Wildman–Crippen LogP) is 2.09. The highest BCUT2D eigenvalue weighted by atomic mass is 19.4. The Kier molecular flexibility index (Phi) is 5.52. The smallest absolute Gasteiger partial charge is 0.352 e. The number of nitrogens with two attached hydrogens (primary N) is 1. The fourth-order valence-corrected chi connectivity index (χ4v) is 2.96. The molecule has 0 bridgehead atoms. The summed E-state index contributed by atoms with van der Waals surface area (Å²) in [5, 5.41) is 9.99. The molecule has 0 saturated carbocycles. The lowest BCUT2D eigenvalue weighted by molar-refractivity contribution is -0.138. The molecule has 0 spiro atoms. The molecule has 1 aromatic heterocycles. The van der Waals surface area contributed by atoms with Crippen LogP contribution in [0.25, 0.3) is 0 Å². The van der Waals surface area contributed by atoms with Gasteiger partial charge in [0.15, 0.2) is 11.6 Å². The van der Waals surface area contributed by atoms with E-state index in [1.807, 2.05) is 0 Å². The lowest BCUT2D eigenvalue weighted by atomic mass is 10.0. The summed E-state index contributed by atoms with van der Waals surface area (Å²) >= 11 is 0. The number of benzene rings is 1. The van der Waals surface area contributed by atoms with Gasteiger partial charge in [-0.1, -0.05) is 6.07 Å². The molecule has 154 valence electrons. The number of nitrogens with zero attached hydrogens (tertiary/aromatic N) is 4. The molecule has 0 radical (unpaired) electrons. The van der Waals surface area contributed by atoms with Gasteiger partial charge in [0, 0.05) is 26.2 Å². The predicted molar refractivity (Wildman–Crippen MR) is 94.8 cm³/mol. The zero-order valence-electron chi connectivity index (χ0n) is 14.9. The Morgan fingerprint density at radius 1 is 1.03 bits per heavy atom. The van der Waals surface area contributed by atoms with Crippen molar-refractivity contribution in [2.45, 2.75) is 6.18 Å². The number of hydrogen-bond acceptors (Lipinski definition) is 5. The van der Waals surface area contributed by atoms with Gasteiger partial charge in [0.1, 0.15) is 5.82 Å². The first-order valence-corrected chi connectivity index (χ1v) is 8.47. The molecule has 3 N–H and O–H groups in total. The number of aromatic nitrogens is 2. The minimum atomic E-state index is -4.84. The van der Waals surface area contributed by atoms with Crippen molar-refractivity contribution in [2.75, 3.05) is 36.4 Å². The zero-order chi connectivity index (χ0) is 21.2. The Morgan fingerprint density at radius 2 is 1.72 bits per heavy atom. The second-order valence-electron chi connectivity index (χ2n) is 6.21. The van der Waals surface area contributed by atoms with Crippen LogP contribution in [0.1, 0.15) is 15.9 Å². The summed E-state index contributed by atoms with van der Waals surface area (Å²) in [7, 11) is 0. The average Bonchev–Trinajstić information content (AvgIpc) is 2.67. The molecular weight excluding hydrogens is 396 g/mol. The molecule has 2 aromatic rings. The van der Waals surface area contributed by atoms with Crippen molar-refractivity contribution in [3.63, 3.8) is 0 Å². The second-order valence-corrected chi connectivity index (χ2v) is 6.21. The number of amides is 3. The van der Waals surface area contributed by atoms with E-state index >= 15 is 0 Å². The Balaban J connectivity index is 1.70. The highest BCUT2D eigenvalue weighted by Gasteiger charge is 2.38. The number of piperazine rings is 1. The van der Waals surface area contributed by atoms with Crippen molar-refractivity contribution in [3.8, 4) is 0 Å². The minimum absolute atomic E-state index is 0.0768. The summed E-state index contributed by atoms with van der Waals surface area (Å²) in [5.41, 5.74) is 2.71. The SMILES string of the molecule is NC(=O)Nc1ccc(N2CCN(C(=O)c3c(F)cccc3C(F)(F)F)CC2)nn1. The van der Waals surface area contributed by atoms with Crippen LogP contribution in [-0.2, 0) is 6.18 Å². The minimum Gasteiger partial charge on any atom is -0.352 e. The third-order valence-electron chi connectivity index (χ3n) is 4.33. The molecule has 1 aliphatic heterocycles. The monoisotopic (exact) mass is 412 g/mol. The quantitative estimate of drug-likeness (QED) is 0.752. The van der Waals surface area contributed by atoms with Crippen LogP contribution in [0.15, 0.2) is 30.3 Å². The number of alkyl halides is 3. The molecule has 3 rings (SSSR count). The first-order valence-electron chi connectivity index (χ1n) is 8.47. The standard InChI is InChI=1S/C17H16F4N6O2/c18-11-3-1-2-10(17(19,20)21)14(11)15(28)27-8-6-26(7-9-27)13-5-4-12(24-25-13)23-16(22)29/h1-5H,6-9H2,(H3,22,23,24,29). The molecule has 0 aliphatic carbocycles. The van der Waals surface area contributed by atoms with Gasteiger partial charge >= 0.3 is 12.2 Å². The highest BCUT2D eigenvalue weighted by Crippen LogP contribution is 2.33. The number of rotatable bonds is 3. The number of nitrogens with one attached hydrogen (secondary N) is 1. The Labute approximate surface area is 162 Å². The Morgan fingerprint density at radius 3 is 2.28 bits per heavy atom. The van der Waals surface area contributed by atoms with Gasteiger partial charge in [-0.15, -0.1) is 10.2 Å². The summed E-state index contributed by atoms with van der Waals surface area (Å²) in [6.45, 7) is 0.679. The molecule has 8 nitrogen and oxygen atoms in total. The van der Waals surface area contributed by atoms with Gasteiger partial charge in [-0.05, 0) is 24.3 Å². The number of hydrogen-bond donors (Lipinski definition) is 2. The molecule has 1 fully saturated rings. The molecule has 0 atom stereocenters. The van der Waals surface area contributed by atoms with E-state index in [1.54, 1.807) is 11.0 Å². The molecule has 1 aliphatic rings. The first kappa shape index (κ1) is 20.3. The van der Waals surface area contributed by atoms with E-state index < -0.39 is 35.1 Å². The van der Waals surface area contributed by atoms with E-state index in [4.69, 9.17) is 5.73 Å². The van der Waals surface area contributed by atoms with Gasteiger partial charge in [0.2, 0.25) is 0 Å². The van der Waals surface area contributed by atoms with Crippen LogP contribution in [0, 0.1) is 5.82 Å². The summed E-state index contributed by atoms with van der Waals surface area (Å²) < 4.78 is 53.5. The number of anilines is 2. The van der Waals surface area contributed by atoms with Gasteiger partial charge in [-0.3, -0.25) is 10.1 Å². The number of halogens is 4. The fourth-order valence-electron chi connectivity index (χ4n) is 2.96. The highest BCUT2D eigenvalue weighted by molar-refractivity contribution is 5.96. The third kappa shape index (κ3) is 4.52. The van der Waals surface area contributed by atoms with E-state index in [-0.39, 0.29) is 32.0 Å². The number of carbonyl (C=O) groups is 2. The van der Waals surface area contributed by atoms with Gasteiger partial charge in [0.25, 0.3) is 5.91 Å². The molecule has 1 aromatic carbocycles. The topological polar surface area (TPSA) is 104 Å². The molecule has 0 unspecified atom stereocenters. The van der Waals surface area contributed by atoms with Crippen LogP contribution in [-0.4, -0.2) is 53.2 Å². The van der Waals surface area contributed by atoms with Crippen LogP contribution < -0.4 is 16.0 Å². The van der Waals surface area contributed by atoms with E-state index in [9.17, 15) is 27.2 Å². The van der Waals surface area contributed by atoms with Crippen LogP contribution in [0.2, 0.25) is 0 Å². The second kappa shape index (κ2) is 7.89. The van der Waals surface area contributed by atoms with Gasteiger partial charge in [0.05, 0.1) is 11.1 Å². The van der Waals surface area contributed by atoms with E-state index in [0.717, 1.165) is 12.1 Å². The van der Waals surface area contributed by atoms with E-state index in [2.05, 4.69) is 15.5 Å². The van der Waals surface area contributed by atoms with Gasteiger partial charge in [-0.25, -0.2) is 9.18 Å². The van der Waals surface area contributed by atoms with Crippen molar-refractivity contribution in [2.24, 2.45) is 5.73 Å². The maximum absolute atomic E-state index is 14.0. The van der Waals surface area contributed by atoms with Crippen molar-refractivity contribution >= 4 is 23.6 Å². The van der Waals surface area contributed by atoms with Crippen LogP contribution in [0.4, 0.5) is 34.0 Å². The summed E-state index contributed by atoms with van der Waals surface area (Å²) in [4.78, 5) is 26.3. The number of carbonyl (C=O) groups excluding carboxylic acids is 2. The molecule has 2 heterocycles. The van der Waals surface area contributed by atoms with Crippen molar-refractivity contribution < 1.29 is 27.2 Å². The van der Waals surface area contributed by atoms with Crippen LogP contribution >= 0.6 is 0 Å². The lowest BCUT2D eigenvalue weighted by Gasteiger charge is -2.35. The van der Waals surface area contributed by atoms with E-state index in [1.165, 1.54) is 11.0 Å². The van der Waals surface area contributed by atoms with Crippen molar-refractivity contribution in [1.29, 1.82) is 0 Å². The number of urea groups is 1. The summed E-state index contributed by atoms with van der Waals surface area (Å²) in [5.74, 6) is -1.61. The van der Waals surface area contributed by atoms with Crippen LogP contribution in [0.5, 0.6) is 0 Å². The first-order chi connectivity index (χ1) is 13.7. The fraction of sp³-hybridized carbons (Fsp3) is 0.294. The lowest BCUT2D eigenvalue weighted by Crippen LogP contribution is -2.49. The molecule has 29 heavy (non-hydrogen) atoms. The third-order valence-corrected chi connectivity index (χ3v) is 4.33. The summed E-state index contributed by atoms with van der Waals surface area (Å²) in [6.07, 6.45) is -4.84. The molecule has 1 saturated heterocycles. The zero-order valence-corrected chi connectivity index (χ0v) is 14.9. The van der Waals surface area contributed by atoms with Crippen LogP contribution in [0.3, 0.4) is 0 Å². The average molecular weight is 412 g/mol. The van der Waals surface area contributed by atoms with Gasteiger partial charge < -0.3 is 15.5 Å². The normalized spacial score (nSPS) is 14.6. The van der Waals surface area contributed by atoms with Crippen molar-refractivity contribution in [1.82, 2.24) is 15.1 Å². The molecular formula is C17H16F4N6O2. The largest absolute Gasteiger partial charge is 0.417 e. The Hall–Kier alpha value is -3.44. The molecule has 3 amide bonds. The van der Waals surface area contributed by atoms with E-state index in [0.29, 0.717) is 11.9 Å². The van der Waals surface area contributed by atoms with Crippen molar-refractivity contribution in [3.05, 3.63) is 47.3 Å². The number of primary amides is 1. The Bertz CT molecular complexity index is 911. The maximum atomic E-state index is 14.0. The molecule has 12 heteroatoms. The summed E-state index contributed by atoms with van der Waals surface area (Å²) in [6, 6.07) is 4.71. The van der Waals surface area contributed by atoms with Gasteiger partial charge in [-0.2, -0.15) is 13.2 Å².